The molecule has 2 aliphatic rings. The molecule has 0 N–H and O–H groups in total. The Morgan fingerprint density at radius 1 is 0.627 bits per heavy atom. The van der Waals surface area contributed by atoms with E-state index in [-0.39, 0.29) is 25.0 Å². The first kappa shape index (κ1) is 42.4. The topological polar surface area (TPSA) is 92.8 Å². The zero-order valence-corrected chi connectivity index (χ0v) is 34.9. The quantitative estimate of drug-likeness (QED) is 0.0760. The Morgan fingerprint density at radius 2 is 1.05 bits per heavy atom. The second kappa shape index (κ2) is 21.5. The van der Waals surface area contributed by atoms with Crippen LogP contribution in [0.1, 0.15) is 41.2 Å². The van der Waals surface area contributed by atoms with E-state index in [0.717, 1.165) is 27.8 Å². The molecule has 59 heavy (non-hydrogen) atoms. The maximum atomic E-state index is 14.2. The van der Waals surface area contributed by atoms with Gasteiger partial charge in [-0.2, -0.15) is 0 Å². The summed E-state index contributed by atoms with van der Waals surface area (Å²) >= 11 is 3.73. The number of rotatable bonds is 19. The van der Waals surface area contributed by atoms with Crippen LogP contribution in [0.15, 0.2) is 152 Å². The summed E-state index contributed by atoms with van der Waals surface area (Å²) in [5.74, 6) is -0.647. The SMILES string of the molecule is C[C@@H](C[C@@H]1O[C@H](COCc2ccccc2)[C@H](OCc2ccccc2)[C@H](OCc2ccccc2)[C@H]1OCc1ccccc1)[C@@H](Br)C(=O)N1C(=O)OC[C@H]1Cc1ccccc1. The summed E-state index contributed by atoms with van der Waals surface area (Å²) in [7, 11) is 0. The molecule has 0 aromatic heterocycles. The summed E-state index contributed by atoms with van der Waals surface area (Å²) in [6.07, 6.45) is -2.60. The maximum Gasteiger partial charge on any atom is 0.417 e. The van der Waals surface area contributed by atoms with Gasteiger partial charge in [-0.05, 0) is 46.6 Å². The minimum absolute atomic E-state index is 0.143. The molecule has 5 aromatic rings. The van der Waals surface area contributed by atoms with Gasteiger partial charge in [0.25, 0.3) is 0 Å². The van der Waals surface area contributed by atoms with Crippen molar-refractivity contribution in [1.29, 1.82) is 0 Å². The predicted molar refractivity (Wildman–Crippen MR) is 228 cm³/mol. The van der Waals surface area contributed by atoms with Gasteiger partial charge < -0.3 is 28.4 Å². The third kappa shape index (κ3) is 11.8. The highest BCUT2D eigenvalue weighted by molar-refractivity contribution is 9.10. The second-order valence-electron chi connectivity index (χ2n) is 15.2. The van der Waals surface area contributed by atoms with Crippen molar-refractivity contribution in [2.75, 3.05) is 13.2 Å². The van der Waals surface area contributed by atoms with E-state index in [2.05, 4.69) is 15.9 Å². The minimum atomic E-state index is -0.715. The highest BCUT2D eigenvalue weighted by atomic mass is 79.9. The second-order valence-corrected chi connectivity index (χ2v) is 16.2. The third-order valence-corrected chi connectivity index (χ3v) is 12.1. The highest BCUT2D eigenvalue weighted by Crippen LogP contribution is 2.36. The van der Waals surface area contributed by atoms with Gasteiger partial charge in [0.05, 0.1) is 50.0 Å². The number of cyclic esters (lactones) is 1. The van der Waals surface area contributed by atoms with E-state index >= 15 is 0 Å². The van der Waals surface area contributed by atoms with Crippen LogP contribution in [0.5, 0.6) is 0 Å². The molecule has 0 unspecified atom stereocenters. The Morgan fingerprint density at radius 3 is 1.54 bits per heavy atom. The first-order valence-corrected chi connectivity index (χ1v) is 21.3. The average molecular weight is 863 g/mol. The number of alkyl halides is 1. The van der Waals surface area contributed by atoms with Crippen molar-refractivity contribution in [2.24, 2.45) is 5.92 Å². The normalized spacial score (nSPS) is 22.7. The lowest BCUT2D eigenvalue weighted by molar-refractivity contribution is -0.275. The van der Waals surface area contributed by atoms with Crippen molar-refractivity contribution in [1.82, 2.24) is 4.90 Å². The Hall–Kier alpha value is -4.68. The number of nitrogens with zero attached hydrogens (tertiary/aromatic N) is 1. The van der Waals surface area contributed by atoms with E-state index in [1.807, 2.05) is 159 Å². The van der Waals surface area contributed by atoms with Gasteiger partial charge in [-0.1, -0.05) is 175 Å². The largest absolute Gasteiger partial charge is 0.447 e. The first-order chi connectivity index (χ1) is 28.9. The van der Waals surface area contributed by atoms with E-state index < -0.39 is 47.5 Å². The summed E-state index contributed by atoms with van der Waals surface area (Å²) in [5.41, 5.74) is 5.10. The molecule has 2 amide bonds. The van der Waals surface area contributed by atoms with Gasteiger partial charge in [0.15, 0.2) is 0 Å². The molecule has 5 aromatic carbocycles. The molecule has 2 fully saturated rings. The van der Waals surface area contributed by atoms with Crippen molar-refractivity contribution in [3.05, 3.63) is 179 Å². The lowest BCUT2D eigenvalue weighted by atomic mass is 9.88. The molecular weight excluding hydrogens is 810 g/mol. The maximum absolute atomic E-state index is 14.2. The number of hydrogen-bond donors (Lipinski definition) is 0. The van der Waals surface area contributed by atoms with Crippen molar-refractivity contribution in [3.8, 4) is 0 Å². The van der Waals surface area contributed by atoms with E-state index in [0.29, 0.717) is 39.3 Å². The third-order valence-electron chi connectivity index (χ3n) is 10.8. The smallest absolute Gasteiger partial charge is 0.417 e. The molecule has 2 aliphatic heterocycles. The molecule has 0 bridgehead atoms. The van der Waals surface area contributed by atoms with Crippen LogP contribution >= 0.6 is 15.9 Å². The molecule has 0 saturated carbocycles. The Bertz CT molecular complexity index is 2010. The van der Waals surface area contributed by atoms with E-state index in [1.54, 1.807) is 0 Å². The lowest BCUT2D eigenvalue weighted by Gasteiger charge is -2.47. The average Bonchev–Trinajstić information content (AvgIpc) is 3.64. The van der Waals surface area contributed by atoms with Crippen molar-refractivity contribution in [3.63, 3.8) is 0 Å². The van der Waals surface area contributed by atoms with Gasteiger partial charge in [-0.15, -0.1) is 0 Å². The van der Waals surface area contributed by atoms with Gasteiger partial charge in [-0.3, -0.25) is 4.79 Å². The number of halogens is 1. The Kier molecular flexibility index (Phi) is 15.5. The molecule has 7 rings (SSSR count). The van der Waals surface area contributed by atoms with Crippen LogP contribution in [0.25, 0.3) is 0 Å². The van der Waals surface area contributed by atoms with E-state index in [9.17, 15) is 9.59 Å². The van der Waals surface area contributed by atoms with Gasteiger partial charge in [0.2, 0.25) is 5.91 Å². The van der Waals surface area contributed by atoms with Crippen LogP contribution in [0.4, 0.5) is 4.79 Å². The zero-order valence-electron chi connectivity index (χ0n) is 33.3. The Balaban J connectivity index is 1.17. The van der Waals surface area contributed by atoms with Crippen LogP contribution in [-0.4, -0.2) is 71.5 Å². The Labute approximate surface area is 355 Å². The van der Waals surface area contributed by atoms with Crippen molar-refractivity contribution < 1.29 is 38.0 Å². The van der Waals surface area contributed by atoms with Crippen LogP contribution in [0.3, 0.4) is 0 Å². The van der Waals surface area contributed by atoms with Gasteiger partial charge in [0, 0.05) is 0 Å². The van der Waals surface area contributed by atoms with E-state index in [4.69, 9.17) is 28.4 Å². The fraction of sp³-hybridized carbons (Fsp3) is 0.347. The summed E-state index contributed by atoms with van der Waals surface area (Å²) in [6, 6.07) is 49.5. The first-order valence-electron chi connectivity index (χ1n) is 20.3. The lowest BCUT2D eigenvalue weighted by Crippen LogP contribution is -2.61. The number of carbonyl (C=O) groups excluding carboxylic acids is 2. The monoisotopic (exact) mass is 861 g/mol. The van der Waals surface area contributed by atoms with Crippen molar-refractivity contribution >= 4 is 27.9 Å². The number of carbonyl (C=O) groups is 2. The van der Waals surface area contributed by atoms with Crippen LogP contribution in [-0.2, 0) is 66.1 Å². The number of hydrogen-bond acceptors (Lipinski definition) is 8. The number of amides is 2. The molecule has 2 saturated heterocycles. The number of imide groups is 1. The molecule has 0 spiro atoms. The van der Waals surface area contributed by atoms with Crippen molar-refractivity contribution in [2.45, 2.75) is 87.6 Å². The standard InChI is InChI=1S/C49H52BrNO8/c1-35(44(50)48(52)51-41(33-58-49(51)53)28-36-17-7-2-8-18-36)27-42-45(55-30-38-21-11-4-12-22-38)47(57-32-40-25-15-6-16-26-40)46(56-31-39-23-13-5-14-24-39)43(59-42)34-54-29-37-19-9-3-10-20-37/h2-26,35,41-47H,27-34H2,1H3/t35-,41+,42-,43+,44+,45-,46-,47+/m0/s1. The molecule has 2 heterocycles. The molecular formula is C49H52BrNO8. The fourth-order valence-corrected chi connectivity index (χ4v) is 8.14. The highest BCUT2D eigenvalue weighted by Gasteiger charge is 2.50. The fourth-order valence-electron chi connectivity index (χ4n) is 7.70. The zero-order chi connectivity index (χ0) is 40.8. The number of ether oxygens (including phenoxy) is 6. The molecule has 0 radical (unpaired) electrons. The number of benzene rings is 5. The van der Waals surface area contributed by atoms with Gasteiger partial charge >= 0.3 is 6.09 Å². The molecule has 0 aliphatic carbocycles. The summed E-state index contributed by atoms with van der Waals surface area (Å²) in [4.78, 5) is 27.8. The van der Waals surface area contributed by atoms with Crippen LogP contribution in [0.2, 0.25) is 0 Å². The predicted octanol–water partition coefficient (Wildman–Crippen LogP) is 9.11. The molecule has 8 atom stereocenters. The summed E-state index contributed by atoms with van der Waals surface area (Å²) in [5, 5.41) is 0. The van der Waals surface area contributed by atoms with Gasteiger partial charge in [0.1, 0.15) is 31.0 Å². The van der Waals surface area contributed by atoms with E-state index in [1.165, 1.54) is 4.90 Å². The molecule has 10 heteroatoms. The molecule has 9 nitrogen and oxygen atoms in total. The van der Waals surface area contributed by atoms with Crippen LogP contribution in [0, 0.1) is 5.92 Å². The van der Waals surface area contributed by atoms with Gasteiger partial charge in [-0.25, -0.2) is 9.69 Å². The minimum Gasteiger partial charge on any atom is -0.447 e. The summed E-state index contributed by atoms with van der Waals surface area (Å²) < 4.78 is 39.5. The summed E-state index contributed by atoms with van der Waals surface area (Å²) in [6.45, 7) is 3.71. The molecule has 308 valence electrons. The van der Waals surface area contributed by atoms with Crippen LogP contribution < -0.4 is 0 Å².